The molecule has 2 rings (SSSR count). The number of ether oxygens (including phenoxy) is 1. The van der Waals surface area contributed by atoms with Crippen molar-refractivity contribution in [3.8, 4) is 5.75 Å². The molecule has 0 unspecified atom stereocenters. The number of carbonyl (C=O) groups is 1. The van der Waals surface area contributed by atoms with E-state index in [2.05, 4.69) is 26.6 Å². The normalized spacial score (nSPS) is 14.9. The summed E-state index contributed by atoms with van der Waals surface area (Å²) in [6.07, 6.45) is 4.64. The van der Waals surface area contributed by atoms with E-state index < -0.39 is 0 Å². The van der Waals surface area contributed by atoms with Crippen LogP contribution in [-0.4, -0.2) is 23.2 Å². The Kier molecular flexibility index (Phi) is 6.20. The van der Waals surface area contributed by atoms with Gasteiger partial charge in [-0.1, -0.05) is 28.8 Å². The smallest absolute Gasteiger partial charge is 0.261 e. The molecule has 4 nitrogen and oxygen atoms in total. The highest BCUT2D eigenvalue weighted by atomic mass is 79.9. The molecule has 1 aromatic carbocycles. The molecule has 0 heterocycles. The number of carbonyl (C=O) groups excluding carboxylic acids is 1. The number of rotatable bonds is 4. The van der Waals surface area contributed by atoms with E-state index in [1.807, 2.05) is 19.9 Å². The van der Waals surface area contributed by atoms with Crippen LogP contribution in [0.1, 0.15) is 49.9 Å². The molecule has 1 aliphatic carbocycles. The van der Waals surface area contributed by atoms with E-state index in [-0.39, 0.29) is 12.0 Å². The van der Waals surface area contributed by atoms with Gasteiger partial charge in [-0.15, -0.1) is 0 Å². The molecular weight excluding hydrogens is 364 g/mol. The van der Waals surface area contributed by atoms with Gasteiger partial charge in [0, 0.05) is 10.5 Å². The molecule has 0 aromatic heterocycles. The summed E-state index contributed by atoms with van der Waals surface area (Å²) >= 11 is 8.62. The third-order valence-electron chi connectivity index (χ3n) is 3.47. The van der Waals surface area contributed by atoms with Crippen LogP contribution < -0.4 is 15.4 Å². The first-order chi connectivity index (χ1) is 10.5. The van der Waals surface area contributed by atoms with E-state index >= 15 is 0 Å². The van der Waals surface area contributed by atoms with Gasteiger partial charge in [0.15, 0.2) is 5.11 Å². The third-order valence-corrected chi connectivity index (χ3v) is 4.18. The summed E-state index contributed by atoms with van der Waals surface area (Å²) in [5, 5.41) is 6.33. The first-order valence-electron chi connectivity index (χ1n) is 7.53. The zero-order valence-corrected chi connectivity index (χ0v) is 15.2. The van der Waals surface area contributed by atoms with Gasteiger partial charge in [-0.05, 0) is 57.1 Å². The monoisotopic (exact) mass is 384 g/mol. The number of thiocarbonyl (C=S) groups is 1. The van der Waals surface area contributed by atoms with Gasteiger partial charge in [-0.2, -0.15) is 0 Å². The summed E-state index contributed by atoms with van der Waals surface area (Å²) in [4.78, 5) is 12.4. The topological polar surface area (TPSA) is 50.4 Å². The Bertz CT molecular complexity index is 557. The third kappa shape index (κ3) is 4.95. The van der Waals surface area contributed by atoms with Gasteiger partial charge < -0.3 is 10.1 Å². The van der Waals surface area contributed by atoms with Gasteiger partial charge in [-0.25, -0.2) is 0 Å². The Balaban J connectivity index is 2.04. The van der Waals surface area contributed by atoms with E-state index in [9.17, 15) is 4.79 Å². The molecule has 1 aliphatic rings. The zero-order chi connectivity index (χ0) is 16.1. The highest BCUT2D eigenvalue weighted by Gasteiger charge is 2.19. The minimum Gasteiger partial charge on any atom is -0.490 e. The maximum atomic E-state index is 12.4. The van der Waals surface area contributed by atoms with Crippen LogP contribution in [0.2, 0.25) is 0 Å². The number of nitrogens with one attached hydrogen (secondary N) is 2. The SMILES string of the molecule is CC(C)Oc1ccc(Br)cc1C(=O)NC(=S)NC1CCCC1. The van der Waals surface area contributed by atoms with Crippen molar-refractivity contribution in [1.82, 2.24) is 10.6 Å². The van der Waals surface area contributed by atoms with Crippen molar-refractivity contribution in [1.29, 1.82) is 0 Å². The summed E-state index contributed by atoms with van der Waals surface area (Å²) in [6.45, 7) is 3.85. The molecule has 0 bridgehead atoms. The van der Waals surface area contributed by atoms with E-state index in [4.69, 9.17) is 17.0 Å². The minimum atomic E-state index is -0.257. The molecule has 0 atom stereocenters. The highest BCUT2D eigenvalue weighted by Crippen LogP contribution is 2.24. The minimum absolute atomic E-state index is 0.00343. The van der Waals surface area contributed by atoms with Crippen molar-refractivity contribution in [3.63, 3.8) is 0 Å². The number of amides is 1. The summed E-state index contributed by atoms with van der Waals surface area (Å²) in [5.41, 5.74) is 0.471. The molecule has 0 radical (unpaired) electrons. The van der Waals surface area contributed by atoms with E-state index in [1.54, 1.807) is 12.1 Å². The van der Waals surface area contributed by atoms with Gasteiger partial charge in [0.25, 0.3) is 5.91 Å². The van der Waals surface area contributed by atoms with Crippen molar-refractivity contribution < 1.29 is 9.53 Å². The second-order valence-electron chi connectivity index (χ2n) is 5.72. The van der Waals surface area contributed by atoms with E-state index in [0.717, 1.165) is 17.3 Å². The van der Waals surface area contributed by atoms with Gasteiger partial charge in [0.2, 0.25) is 0 Å². The highest BCUT2D eigenvalue weighted by molar-refractivity contribution is 9.10. The van der Waals surface area contributed by atoms with Crippen LogP contribution in [0.3, 0.4) is 0 Å². The second-order valence-corrected chi connectivity index (χ2v) is 7.04. The lowest BCUT2D eigenvalue weighted by Gasteiger charge is -2.17. The summed E-state index contributed by atoms with van der Waals surface area (Å²) in [5.74, 6) is 0.298. The Labute approximate surface area is 145 Å². The van der Waals surface area contributed by atoms with Crippen LogP contribution in [-0.2, 0) is 0 Å². The van der Waals surface area contributed by atoms with Gasteiger partial charge in [-0.3, -0.25) is 10.1 Å². The quantitative estimate of drug-likeness (QED) is 0.775. The maximum absolute atomic E-state index is 12.4. The molecule has 0 saturated heterocycles. The fourth-order valence-electron chi connectivity index (χ4n) is 2.50. The largest absolute Gasteiger partial charge is 0.490 e. The number of benzene rings is 1. The molecule has 6 heteroatoms. The molecule has 1 amide bonds. The van der Waals surface area contributed by atoms with Gasteiger partial charge in [0.1, 0.15) is 5.75 Å². The van der Waals surface area contributed by atoms with Crippen molar-refractivity contribution in [3.05, 3.63) is 28.2 Å². The summed E-state index contributed by atoms with van der Waals surface area (Å²) < 4.78 is 6.51. The van der Waals surface area contributed by atoms with E-state index in [1.165, 1.54) is 12.8 Å². The van der Waals surface area contributed by atoms with Crippen LogP contribution in [0.25, 0.3) is 0 Å². The Morgan fingerprint density at radius 1 is 1.36 bits per heavy atom. The standard InChI is InChI=1S/C16H21BrN2O2S/c1-10(2)21-14-8-7-11(17)9-13(14)15(20)19-16(22)18-12-5-3-4-6-12/h7-10,12H,3-6H2,1-2H3,(H2,18,19,20,22). The molecule has 1 fully saturated rings. The lowest BCUT2D eigenvalue weighted by atomic mass is 10.2. The van der Waals surface area contributed by atoms with Gasteiger partial charge in [0.05, 0.1) is 11.7 Å². The molecular formula is C16H21BrN2O2S. The number of hydrogen-bond donors (Lipinski definition) is 2. The average molecular weight is 385 g/mol. The Morgan fingerprint density at radius 3 is 2.68 bits per heavy atom. The van der Waals surface area contributed by atoms with Crippen molar-refractivity contribution in [2.24, 2.45) is 0 Å². The van der Waals surface area contributed by atoms with Crippen LogP contribution >= 0.6 is 28.1 Å². The summed E-state index contributed by atoms with van der Waals surface area (Å²) in [6, 6.07) is 5.75. The van der Waals surface area contributed by atoms with Crippen molar-refractivity contribution in [2.45, 2.75) is 51.7 Å². The van der Waals surface area contributed by atoms with Crippen molar-refractivity contribution in [2.75, 3.05) is 0 Å². The molecule has 2 N–H and O–H groups in total. The maximum Gasteiger partial charge on any atom is 0.261 e. The lowest BCUT2D eigenvalue weighted by Crippen LogP contribution is -2.43. The van der Waals surface area contributed by atoms with Gasteiger partial charge >= 0.3 is 0 Å². The molecule has 0 spiro atoms. The fraction of sp³-hybridized carbons (Fsp3) is 0.500. The molecule has 0 aliphatic heterocycles. The molecule has 22 heavy (non-hydrogen) atoms. The van der Waals surface area contributed by atoms with Crippen molar-refractivity contribution >= 4 is 39.2 Å². The van der Waals surface area contributed by atoms with Crippen LogP contribution in [0.15, 0.2) is 22.7 Å². The van der Waals surface area contributed by atoms with Crippen LogP contribution in [0.4, 0.5) is 0 Å². The zero-order valence-electron chi connectivity index (χ0n) is 12.8. The predicted octanol–water partition coefficient (Wildman–Crippen LogP) is 3.78. The Morgan fingerprint density at radius 2 is 2.05 bits per heavy atom. The van der Waals surface area contributed by atoms with Crippen LogP contribution in [0.5, 0.6) is 5.75 Å². The molecule has 120 valence electrons. The van der Waals surface area contributed by atoms with E-state index in [0.29, 0.717) is 22.5 Å². The average Bonchev–Trinajstić information content (AvgIpc) is 2.92. The molecule has 1 aromatic rings. The lowest BCUT2D eigenvalue weighted by molar-refractivity contribution is 0.0970. The first kappa shape index (κ1) is 17.2. The first-order valence-corrected chi connectivity index (χ1v) is 8.74. The predicted molar refractivity (Wildman–Crippen MR) is 95.4 cm³/mol. The second kappa shape index (κ2) is 7.92. The Hall–Kier alpha value is -1.14. The fourth-order valence-corrected chi connectivity index (χ4v) is 3.12. The van der Waals surface area contributed by atoms with Crippen LogP contribution in [0, 0.1) is 0 Å². The number of hydrogen-bond acceptors (Lipinski definition) is 3. The molecule has 1 saturated carbocycles. The number of halogens is 1. The summed E-state index contributed by atoms with van der Waals surface area (Å²) in [7, 11) is 0.